The maximum Gasteiger partial charge on any atom is 0.254 e. The van der Waals surface area contributed by atoms with Crippen LogP contribution in [0.25, 0.3) is 0 Å². The first-order valence-electron chi connectivity index (χ1n) is 8.57. The molecule has 0 bridgehead atoms. The number of benzene rings is 2. The third-order valence-corrected chi connectivity index (χ3v) is 5.52. The van der Waals surface area contributed by atoms with Crippen molar-refractivity contribution < 1.29 is 22.7 Å². The van der Waals surface area contributed by atoms with Gasteiger partial charge in [0.1, 0.15) is 0 Å². The third-order valence-electron chi connectivity index (χ3n) is 4.59. The van der Waals surface area contributed by atoms with E-state index in [1.54, 1.807) is 42.3 Å². The standard InChI is InChI=1S/C19H22N2O5S/c1-13(14-4-7-16(8-5-14)27(20,23)24)21(2)19(22)15-6-9-17-18(12-15)26-11-3-10-25-17/h4-9,12-13H,3,10-11H2,1-2H3,(H2,20,23,24). The van der Waals surface area contributed by atoms with E-state index in [1.807, 2.05) is 6.92 Å². The Morgan fingerprint density at radius 3 is 2.33 bits per heavy atom. The molecule has 0 aromatic heterocycles. The van der Waals surface area contributed by atoms with Gasteiger partial charge >= 0.3 is 0 Å². The van der Waals surface area contributed by atoms with Crippen LogP contribution in [0.15, 0.2) is 47.4 Å². The summed E-state index contributed by atoms with van der Waals surface area (Å²) in [5, 5.41) is 5.12. The maximum atomic E-state index is 12.9. The summed E-state index contributed by atoms with van der Waals surface area (Å²) in [6.45, 7) is 3.01. The Morgan fingerprint density at radius 2 is 1.70 bits per heavy atom. The zero-order chi connectivity index (χ0) is 19.6. The molecule has 1 unspecified atom stereocenters. The van der Waals surface area contributed by atoms with Gasteiger partial charge in [-0.3, -0.25) is 4.79 Å². The lowest BCUT2D eigenvalue weighted by molar-refractivity contribution is 0.0742. The van der Waals surface area contributed by atoms with Crippen LogP contribution in [0.2, 0.25) is 0 Å². The topological polar surface area (TPSA) is 98.9 Å². The number of carbonyl (C=O) groups is 1. The molecule has 2 N–H and O–H groups in total. The number of primary sulfonamides is 1. The van der Waals surface area contributed by atoms with Crippen molar-refractivity contribution in [3.8, 4) is 11.5 Å². The van der Waals surface area contributed by atoms with Crippen molar-refractivity contribution in [3.05, 3.63) is 53.6 Å². The molecule has 3 rings (SSSR count). The molecule has 1 heterocycles. The van der Waals surface area contributed by atoms with Crippen molar-refractivity contribution in [2.75, 3.05) is 20.3 Å². The smallest absolute Gasteiger partial charge is 0.254 e. The molecule has 2 aromatic rings. The van der Waals surface area contributed by atoms with Gasteiger partial charge in [0.25, 0.3) is 5.91 Å². The molecular formula is C19H22N2O5S. The zero-order valence-electron chi connectivity index (χ0n) is 15.2. The van der Waals surface area contributed by atoms with Gasteiger partial charge < -0.3 is 14.4 Å². The summed E-state index contributed by atoms with van der Waals surface area (Å²) in [6.07, 6.45) is 0.795. The van der Waals surface area contributed by atoms with Crippen LogP contribution in [0, 0.1) is 0 Å². The van der Waals surface area contributed by atoms with Gasteiger partial charge in [0, 0.05) is 19.0 Å². The van der Waals surface area contributed by atoms with Crippen molar-refractivity contribution >= 4 is 15.9 Å². The number of amides is 1. The summed E-state index contributed by atoms with van der Waals surface area (Å²) in [7, 11) is -2.04. The van der Waals surface area contributed by atoms with Gasteiger partial charge in [-0.05, 0) is 42.8 Å². The zero-order valence-corrected chi connectivity index (χ0v) is 16.0. The molecule has 7 nitrogen and oxygen atoms in total. The lowest BCUT2D eigenvalue weighted by Crippen LogP contribution is -2.29. The van der Waals surface area contributed by atoms with Crippen LogP contribution in [-0.2, 0) is 10.0 Å². The Bertz CT molecular complexity index is 941. The van der Waals surface area contributed by atoms with E-state index in [9.17, 15) is 13.2 Å². The van der Waals surface area contributed by atoms with Crippen LogP contribution in [0.3, 0.4) is 0 Å². The van der Waals surface area contributed by atoms with E-state index in [4.69, 9.17) is 14.6 Å². The first kappa shape index (κ1) is 19.2. The third kappa shape index (κ3) is 4.23. The first-order chi connectivity index (χ1) is 12.8. The SMILES string of the molecule is CC(c1ccc(S(N)(=O)=O)cc1)N(C)C(=O)c1ccc2c(c1)OCCCO2. The van der Waals surface area contributed by atoms with Gasteiger partial charge in [0.2, 0.25) is 10.0 Å². The Hall–Kier alpha value is -2.58. The molecule has 1 aliphatic rings. The second kappa shape index (κ2) is 7.58. The molecule has 1 aliphatic heterocycles. The summed E-state index contributed by atoms with van der Waals surface area (Å²) in [4.78, 5) is 14.5. The fourth-order valence-electron chi connectivity index (χ4n) is 2.84. The van der Waals surface area contributed by atoms with E-state index in [2.05, 4.69) is 0 Å². The lowest BCUT2D eigenvalue weighted by Gasteiger charge is -2.26. The molecule has 0 saturated carbocycles. The van der Waals surface area contributed by atoms with E-state index < -0.39 is 10.0 Å². The summed E-state index contributed by atoms with van der Waals surface area (Å²) in [5.74, 6) is 1.03. The van der Waals surface area contributed by atoms with Gasteiger partial charge in [-0.2, -0.15) is 0 Å². The fourth-order valence-corrected chi connectivity index (χ4v) is 3.35. The molecule has 1 atom stereocenters. The van der Waals surface area contributed by atoms with Gasteiger partial charge in [-0.1, -0.05) is 12.1 Å². The molecule has 2 aromatic carbocycles. The van der Waals surface area contributed by atoms with Crippen LogP contribution in [0.5, 0.6) is 11.5 Å². The molecule has 0 spiro atoms. The second-order valence-corrected chi connectivity index (χ2v) is 7.98. The van der Waals surface area contributed by atoms with Crippen molar-refractivity contribution in [1.29, 1.82) is 0 Å². The summed E-state index contributed by atoms with van der Waals surface area (Å²) in [6, 6.07) is 11.1. The number of sulfonamides is 1. The number of carbonyl (C=O) groups excluding carboxylic acids is 1. The number of nitrogens with two attached hydrogens (primary N) is 1. The molecule has 144 valence electrons. The van der Waals surface area contributed by atoms with Crippen LogP contribution in [-0.4, -0.2) is 39.5 Å². The minimum atomic E-state index is -3.74. The van der Waals surface area contributed by atoms with Gasteiger partial charge in [0.15, 0.2) is 11.5 Å². The molecule has 27 heavy (non-hydrogen) atoms. The van der Waals surface area contributed by atoms with E-state index >= 15 is 0 Å². The Balaban J connectivity index is 1.79. The molecule has 1 amide bonds. The summed E-state index contributed by atoms with van der Waals surface area (Å²) < 4.78 is 34.0. The van der Waals surface area contributed by atoms with E-state index in [-0.39, 0.29) is 16.8 Å². The average molecular weight is 390 g/mol. The average Bonchev–Trinajstić information content (AvgIpc) is 2.90. The Morgan fingerprint density at radius 1 is 1.07 bits per heavy atom. The second-order valence-electron chi connectivity index (χ2n) is 6.42. The molecule has 0 aliphatic carbocycles. The van der Waals surface area contributed by atoms with Crippen molar-refractivity contribution in [2.45, 2.75) is 24.3 Å². The molecule has 0 saturated heterocycles. The van der Waals surface area contributed by atoms with Crippen LogP contribution in [0.1, 0.15) is 35.3 Å². The monoisotopic (exact) mass is 390 g/mol. The van der Waals surface area contributed by atoms with Gasteiger partial charge in [0.05, 0.1) is 24.2 Å². The highest BCUT2D eigenvalue weighted by atomic mass is 32.2. The van der Waals surface area contributed by atoms with Crippen LogP contribution in [0.4, 0.5) is 0 Å². The van der Waals surface area contributed by atoms with Crippen molar-refractivity contribution in [1.82, 2.24) is 4.90 Å². The molecule has 0 radical (unpaired) electrons. The highest BCUT2D eigenvalue weighted by Gasteiger charge is 2.21. The minimum absolute atomic E-state index is 0.0373. The van der Waals surface area contributed by atoms with Crippen LogP contribution >= 0.6 is 0 Å². The van der Waals surface area contributed by atoms with E-state index in [0.29, 0.717) is 30.3 Å². The highest BCUT2D eigenvalue weighted by molar-refractivity contribution is 7.89. The Kier molecular flexibility index (Phi) is 5.38. The lowest BCUT2D eigenvalue weighted by atomic mass is 10.1. The van der Waals surface area contributed by atoms with Crippen LogP contribution < -0.4 is 14.6 Å². The number of rotatable bonds is 4. The van der Waals surface area contributed by atoms with E-state index in [1.165, 1.54) is 12.1 Å². The highest BCUT2D eigenvalue weighted by Crippen LogP contribution is 2.31. The number of hydrogen-bond donors (Lipinski definition) is 1. The van der Waals surface area contributed by atoms with Crippen molar-refractivity contribution in [2.24, 2.45) is 5.14 Å². The predicted molar refractivity (Wildman–Crippen MR) is 100 cm³/mol. The summed E-state index contributed by atoms with van der Waals surface area (Å²) in [5.41, 5.74) is 1.29. The number of fused-ring (bicyclic) bond motifs is 1. The quantitative estimate of drug-likeness (QED) is 0.864. The fraction of sp³-hybridized carbons (Fsp3) is 0.316. The van der Waals surface area contributed by atoms with Crippen molar-refractivity contribution in [3.63, 3.8) is 0 Å². The number of hydrogen-bond acceptors (Lipinski definition) is 5. The van der Waals surface area contributed by atoms with Gasteiger partial charge in [-0.15, -0.1) is 0 Å². The molecule has 8 heteroatoms. The molecule has 0 fully saturated rings. The number of ether oxygens (including phenoxy) is 2. The number of nitrogens with zero attached hydrogens (tertiary/aromatic N) is 1. The maximum absolute atomic E-state index is 12.9. The minimum Gasteiger partial charge on any atom is -0.490 e. The largest absolute Gasteiger partial charge is 0.490 e. The first-order valence-corrected chi connectivity index (χ1v) is 10.1. The normalized spacial score (nSPS) is 14.9. The summed E-state index contributed by atoms with van der Waals surface area (Å²) >= 11 is 0. The predicted octanol–water partition coefficient (Wildman–Crippen LogP) is 2.33. The Labute approximate surface area is 158 Å². The van der Waals surface area contributed by atoms with E-state index in [0.717, 1.165) is 12.0 Å². The van der Waals surface area contributed by atoms with Gasteiger partial charge in [-0.25, -0.2) is 13.6 Å². The molecular weight excluding hydrogens is 368 g/mol.